The Labute approximate surface area is 261 Å². The van der Waals surface area contributed by atoms with E-state index in [4.69, 9.17) is 16.3 Å². The van der Waals surface area contributed by atoms with Gasteiger partial charge in [0, 0.05) is 42.8 Å². The second-order valence-corrected chi connectivity index (χ2v) is 12.1. The minimum absolute atomic E-state index is 0.0480. The number of aryl methyl sites for hydroxylation is 1. The van der Waals surface area contributed by atoms with Gasteiger partial charge in [-0.3, -0.25) is 14.4 Å². The Hall–Kier alpha value is -4.13. The first kappa shape index (κ1) is 30.9. The standard InChI is InChI=1S/C31H31ClF3N5O5/c1-38-27(31(33,34)35)23(36-37-38)16-45-25-11-10-22(32)21-12-13-40(29(42)19-8-4-5-9-20(19)30(43)44)24(26(21)25)15-39-14-17-6-2-3-7-18(17)28(39)41/h2-3,6-7,10-11,19-20,24H,4-5,8-9,12-16H2,1H3,(H,43,44)/t19-,20+,24-/m1/s1. The van der Waals surface area contributed by atoms with E-state index < -0.39 is 48.0 Å². The normalized spacial score (nSPS) is 21.4. The summed E-state index contributed by atoms with van der Waals surface area (Å²) in [6, 6.07) is 9.53. The van der Waals surface area contributed by atoms with Crippen LogP contribution in [0.3, 0.4) is 0 Å². The van der Waals surface area contributed by atoms with E-state index in [1.807, 2.05) is 12.1 Å². The van der Waals surface area contributed by atoms with Gasteiger partial charge in [0.15, 0.2) is 5.69 Å². The molecule has 3 heterocycles. The number of carboxylic acid groups (broad SMARTS) is 1. The van der Waals surface area contributed by atoms with Gasteiger partial charge in [-0.2, -0.15) is 13.2 Å². The van der Waals surface area contributed by atoms with Gasteiger partial charge >= 0.3 is 12.1 Å². The fourth-order valence-corrected chi connectivity index (χ4v) is 7.21. The van der Waals surface area contributed by atoms with Crippen LogP contribution < -0.4 is 4.74 Å². The third-order valence-corrected chi connectivity index (χ3v) is 9.43. The van der Waals surface area contributed by atoms with Crippen molar-refractivity contribution in [3.05, 3.63) is 75.1 Å². The van der Waals surface area contributed by atoms with Crippen LogP contribution in [0.2, 0.25) is 5.02 Å². The van der Waals surface area contributed by atoms with Crippen molar-refractivity contribution in [2.24, 2.45) is 18.9 Å². The van der Waals surface area contributed by atoms with Gasteiger partial charge in [0.1, 0.15) is 18.1 Å². The zero-order valence-electron chi connectivity index (χ0n) is 24.4. The Balaban J connectivity index is 1.39. The van der Waals surface area contributed by atoms with E-state index in [1.54, 1.807) is 28.0 Å². The maximum Gasteiger partial charge on any atom is 0.435 e. The highest BCUT2D eigenvalue weighted by Gasteiger charge is 2.44. The molecule has 0 saturated heterocycles. The van der Waals surface area contributed by atoms with E-state index in [9.17, 15) is 32.7 Å². The second kappa shape index (κ2) is 12.0. The fourth-order valence-electron chi connectivity index (χ4n) is 6.96. The van der Waals surface area contributed by atoms with Crippen molar-refractivity contribution < 1.29 is 37.4 Å². The van der Waals surface area contributed by atoms with Crippen LogP contribution >= 0.6 is 11.6 Å². The summed E-state index contributed by atoms with van der Waals surface area (Å²) in [5.41, 5.74) is 1.06. The Bertz CT molecular complexity index is 1660. The summed E-state index contributed by atoms with van der Waals surface area (Å²) >= 11 is 6.65. The van der Waals surface area contributed by atoms with Gasteiger partial charge in [-0.1, -0.05) is 47.9 Å². The number of carbonyl (C=O) groups excluding carboxylic acids is 2. The van der Waals surface area contributed by atoms with Crippen LogP contribution in [0.4, 0.5) is 13.2 Å². The van der Waals surface area contributed by atoms with Crippen molar-refractivity contribution in [3.8, 4) is 5.75 Å². The molecule has 2 aliphatic heterocycles. The third-order valence-electron chi connectivity index (χ3n) is 9.07. The summed E-state index contributed by atoms with van der Waals surface area (Å²) in [6.07, 6.45) is -2.16. The number of amides is 2. The van der Waals surface area contributed by atoms with E-state index in [1.165, 1.54) is 6.07 Å². The average Bonchev–Trinajstić information content (AvgIpc) is 3.55. The largest absolute Gasteiger partial charge is 0.487 e. The molecule has 3 atom stereocenters. The molecule has 0 bridgehead atoms. The Morgan fingerprint density at radius 2 is 1.84 bits per heavy atom. The molecule has 45 heavy (non-hydrogen) atoms. The molecule has 0 radical (unpaired) electrons. The number of rotatable bonds is 7. The first-order valence-corrected chi connectivity index (χ1v) is 15.1. The fraction of sp³-hybridized carbons (Fsp3) is 0.452. The molecule has 3 aliphatic rings. The van der Waals surface area contributed by atoms with Crippen molar-refractivity contribution in [2.75, 3.05) is 13.1 Å². The predicted octanol–water partition coefficient (Wildman–Crippen LogP) is 5.04. The van der Waals surface area contributed by atoms with Crippen molar-refractivity contribution in [1.82, 2.24) is 24.8 Å². The molecule has 0 unspecified atom stereocenters. The highest BCUT2D eigenvalue weighted by atomic mass is 35.5. The Kier molecular flexibility index (Phi) is 8.23. The maximum atomic E-state index is 14.2. The van der Waals surface area contributed by atoms with Gasteiger partial charge in [0.25, 0.3) is 5.91 Å². The molecule has 1 N–H and O–H groups in total. The van der Waals surface area contributed by atoms with E-state index in [-0.39, 0.29) is 30.7 Å². The number of carboxylic acids is 1. The summed E-state index contributed by atoms with van der Waals surface area (Å²) in [5, 5.41) is 17.5. The molecular weight excluding hydrogens is 615 g/mol. The lowest BCUT2D eigenvalue weighted by molar-refractivity contribution is -0.153. The minimum Gasteiger partial charge on any atom is -0.487 e. The first-order valence-electron chi connectivity index (χ1n) is 14.8. The molecule has 14 heteroatoms. The Morgan fingerprint density at radius 1 is 1.11 bits per heavy atom. The minimum atomic E-state index is -4.71. The number of hydrogen-bond donors (Lipinski definition) is 1. The highest BCUT2D eigenvalue weighted by molar-refractivity contribution is 6.31. The summed E-state index contributed by atoms with van der Waals surface area (Å²) in [5.74, 6) is -2.96. The van der Waals surface area contributed by atoms with E-state index in [2.05, 4.69) is 10.3 Å². The summed E-state index contributed by atoms with van der Waals surface area (Å²) in [4.78, 5) is 43.1. The topological polar surface area (TPSA) is 118 Å². The molecule has 1 aromatic heterocycles. The van der Waals surface area contributed by atoms with Gasteiger partial charge in [0.05, 0.1) is 17.9 Å². The lowest BCUT2D eigenvalue weighted by atomic mass is 9.77. The van der Waals surface area contributed by atoms with Crippen molar-refractivity contribution in [2.45, 2.75) is 57.5 Å². The molecule has 10 nitrogen and oxygen atoms in total. The summed E-state index contributed by atoms with van der Waals surface area (Å²) in [6.45, 7) is 0.0107. The van der Waals surface area contributed by atoms with Crippen LogP contribution in [0, 0.1) is 11.8 Å². The number of hydrogen-bond acceptors (Lipinski definition) is 6. The second-order valence-electron chi connectivity index (χ2n) is 11.7. The molecule has 3 aromatic rings. The molecule has 6 rings (SSSR count). The smallest absolute Gasteiger partial charge is 0.435 e. The Morgan fingerprint density at radius 3 is 2.56 bits per heavy atom. The monoisotopic (exact) mass is 645 g/mol. The highest BCUT2D eigenvalue weighted by Crippen LogP contribution is 2.44. The number of carbonyl (C=O) groups is 3. The average molecular weight is 646 g/mol. The number of nitrogens with zero attached hydrogens (tertiary/aromatic N) is 5. The van der Waals surface area contributed by atoms with Crippen LogP contribution in [0.1, 0.15) is 70.2 Å². The van der Waals surface area contributed by atoms with E-state index in [0.717, 1.165) is 19.0 Å². The summed E-state index contributed by atoms with van der Waals surface area (Å²) in [7, 11) is 1.14. The van der Waals surface area contributed by atoms with Crippen molar-refractivity contribution in [3.63, 3.8) is 0 Å². The van der Waals surface area contributed by atoms with Crippen molar-refractivity contribution in [1.29, 1.82) is 0 Å². The van der Waals surface area contributed by atoms with Gasteiger partial charge in [0.2, 0.25) is 5.91 Å². The number of benzene rings is 2. The van der Waals surface area contributed by atoms with Crippen LogP contribution in [0.25, 0.3) is 0 Å². The van der Waals surface area contributed by atoms with Gasteiger partial charge in [-0.05, 0) is 48.6 Å². The SMILES string of the molecule is Cn1nnc(COc2ccc(Cl)c3c2[C@@H](CN2Cc4ccccc4C2=O)N(C(=O)[C@@H]2CCCC[C@@H]2C(=O)O)CC3)c1C(F)(F)F. The zero-order valence-corrected chi connectivity index (χ0v) is 25.1. The predicted molar refractivity (Wildman–Crippen MR) is 154 cm³/mol. The molecule has 0 spiro atoms. The molecule has 1 fully saturated rings. The van der Waals surface area contributed by atoms with Crippen LogP contribution in [-0.4, -0.2) is 60.8 Å². The molecule has 2 aromatic carbocycles. The van der Waals surface area contributed by atoms with Gasteiger partial charge in [-0.25, -0.2) is 4.68 Å². The molecule has 238 valence electrons. The lowest BCUT2D eigenvalue weighted by Gasteiger charge is -2.43. The zero-order chi connectivity index (χ0) is 32.0. The number of halogens is 4. The van der Waals surface area contributed by atoms with Crippen LogP contribution in [0.5, 0.6) is 5.75 Å². The molecule has 1 aliphatic carbocycles. The lowest BCUT2D eigenvalue weighted by Crippen LogP contribution is -2.50. The van der Waals surface area contributed by atoms with Crippen LogP contribution in [-0.2, 0) is 42.4 Å². The quantitative estimate of drug-likeness (QED) is 0.383. The molecular formula is C31H31ClF3N5O5. The number of aliphatic carboxylic acids is 1. The summed E-state index contributed by atoms with van der Waals surface area (Å²) < 4.78 is 47.9. The van der Waals surface area contributed by atoms with E-state index in [0.29, 0.717) is 58.6 Å². The van der Waals surface area contributed by atoms with Crippen LogP contribution in [0.15, 0.2) is 36.4 Å². The van der Waals surface area contributed by atoms with Gasteiger partial charge < -0.3 is 19.6 Å². The number of ether oxygens (including phenoxy) is 1. The molecule has 2 amide bonds. The molecule has 1 saturated carbocycles. The number of alkyl halides is 3. The maximum absolute atomic E-state index is 14.2. The van der Waals surface area contributed by atoms with E-state index >= 15 is 0 Å². The van der Waals surface area contributed by atoms with Crippen molar-refractivity contribution >= 4 is 29.4 Å². The van der Waals surface area contributed by atoms with Gasteiger partial charge in [-0.15, -0.1) is 5.10 Å². The number of fused-ring (bicyclic) bond motifs is 2. The third kappa shape index (κ3) is 5.73. The number of aromatic nitrogens is 3. The first-order chi connectivity index (χ1) is 21.5.